The lowest BCUT2D eigenvalue weighted by Crippen LogP contribution is -2.27. The molecule has 1 nitrogen and oxygen atoms in total. The van der Waals surface area contributed by atoms with E-state index in [1.54, 1.807) is 0 Å². The summed E-state index contributed by atoms with van der Waals surface area (Å²) in [7, 11) is 0. The summed E-state index contributed by atoms with van der Waals surface area (Å²) in [5, 5.41) is 3.40. The van der Waals surface area contributed by atoms with Crippen LogP contribution < -0.4 is 5.32 Å². The van der Waals surface area contributed by atoms with Gasteiger partial charge in [0.05, 0.1) is 0 Å². The van der Waals surface area contributed by atoms with Crippen molar-refractivity contribution in [2.24, 2.45) is 5.92 Å². The summed E-state index contributed by atoms with van der Waals surface area (Å²) < 4.78 is 0. The van der Waals surface area contributed by atoms with Gasteiger partial charge in [0.2, 0.25) is 0 Å². The van der Waals surface area contributed by atoms with Gasteiger partial charge < -0.3 is 5.32 Å². The van der Waals surface area contributed by atoms with Crippen molar-refractivity contribution in [1.29, 1.82) is 0 Å². The minimum atomic E-state index is 0.638. The smallest absolute Gasteiger partial charge is 0.00104 e. The van der Waals surface area contributed by atoms with E-state index in [0.29, 0.717) is 6.04 Å². The second kappa shape index (κ2) is 17.9. The van der Waals surface area contributed by atoms with Crippen molar-refractivity contribution < 1.29 is 0 Å². The Morgan fingerprint density at radius 2 is 1.31 bits per heavy atom. The molecule has 1 N–H and O–H groups in total. The van der Waals surface area contributed by atoms with E-state index in [-0.39, 0.29) is 0 Å². The quantitative estimate of drug-likeness (QED) is 0.702. The Morgan fingerprint density at radius 3 is 1.54 bits per heavy atom. The van der Waals surface area contributed by atoms with Crippen LogP contribution in [-0.2, 0) is 0 Å². The molecule has 0 aromatic carbocycles. The maximum absolute atomic E-state index is 3.40. The minimum Gasteiger partial charge on any atom is -0.314 e. The molecule has 0 rings (SSSR count). The van der Waals surface area contributed by atoms with Crippen LogP contribution in [0.15, 0.2) is 0 Å². The molecule has 13 heavy (non-hydrogen) atoms. The van der Waals surface area contributed by atoms with Gasteiger partial charge in [0.15, 0.2) is 0 Å². The highest BCUT2D eigenvalue weighted by molar-refractivity contribution is 4.57. The van der Waals surface area contributed by atoms with Crippen molar-refractivity contribution in [3.05, 3.63) is 0 Å². The fourth-order valence-electron chi connectivity index (χ4n) is 0.581. The zero-order chi connectivity index (χ0) is 11.3. The molecule has 0 aliphatic heterocycles. The van der Waals surface area contributed by atoms with Crippen LogP contribution in [0.3, 0.4) is 0 Å². The van der Waals surface area contributed by atoms with E-state index in [2.05, 4.69) is 33.0 Å². The van der Waals surface area contributed by atoms with E-state index in [4.69, 9.17) is 0 Å². The van der Waals surface area contributed by atoms with Gasteiger partial charge in [-0.15, -0.1) is 0 Å². The van der Waals surface area contributed by atoms with Gasteiger partial charge >= 0.3 is 0 Å². The number of rotatable bonds is 4. The molecule has 0 saturated carbocycles. The molecule has 0 radical (unpaired) electrons. The van der Waals surface area contributed by atoms with Crippen LogP contribution in [0.4, 0.5) is 0 Å². The lowest BCUT2D eigenvalue weighted by molar-refractivity contribution is 0.468. The van der Waals surface area contributed by atoms with E-state index in [1.807, 2.05) is 27.7 Å². The first kappa shape index (κ1) is 18.7. The van der Waals surface area contributed by atoms with Crippen LogP contribution in [0, 0.1) is 5.92 Å². The first-order chi connectivity index (χ1) is 6.16. The van der Waals surface area contributed by atoms with Crippen molar-refractivity contribution in [2.75, 3.05) is 6.54 Å². The van der Waals surface area contributed by atoms with Crippen LogP contribution in [-0.4, -0.2) is 12.6 Å². The largest absolute Gasteiger partial charge is 0.314 e. The maximum atomic E-state index is 3.40. The summed E-state index contributed by atoms with van der Waals surface area (Å²) in [5.74, 6) is 0.826. The summed E-state index contributed by atoms with van der Waals surface area (Å²) in [5.41, 5.74) is 0. The second-order valence-electron chi connectivity index (χ2n) is 3.08. The SMILES string of the molecule is CC.CC.CCC(C)CNC(C)C. The average molecular weight is 189 g/mol. The Hall–Kier alpha value is -0.0400. The summed E-state index contributed by atoms with van der Waals surface area (Å²) in [4.78, 5) is 0. The van der Waals surface area contributed by atoms with E-state index in [9.17, 15) is 0 Å². The topological polar surface area (TPSA) is 12.0 Å². The van der Waals surface area contributed by atoms with Gasteiger partial charge in [-0.2, -0.15) is 0 Å². The van der Waals surface area contributed by atoms with Crippen LogP contribution >= 0.6 is 0 Å². The molecule has 1 unspecified atom stereocenters. The van der Waals surface area contributed by atoms with Gasteiger partial charge in [0.25, 0.3) is 0 Å². The summed E-state index contributed by atoms with van der Waals surface area (Å²) in [6.07, 6.45) is 1.28. The molecule has 0 saturated heterocycles. The molecule has 1 heteroatoms. The van der Waals surface area contributed by atoms with Crippen LogP contribution in [0.5, 0.6) is 0 Å². The Bertz CT molecular complexity index is 60.1. The molecule has 1 atom stereocenters. The average Bonchev–Trinajstić information content (AvgIpc) is 2.20. The molecule has 0 amide bonds. The predicted octanol–water partition coefficient (Wildman–Crippen LogP) is 4.08. The predicted molar refractivity (Wildman–Crippen MR) is 65.3 cm³/mol. The van der Waals surface area contributed by atoms with Gasteiger partial charge in [0, 0.05) is 6.04 Å². The van der Waals surface area contributed by atoms with Crippen molar-refractivity contribution in [2.45, 2.75) is 67.9 Å². The Morgan fingerprint density at radius 1 is 0.923 bits per heavy atom. The third-order valence-electron chi connectivity index (χ3n) is 1.57. The van der Waals surface area contributed by atoms with E-state index >= 15 is 0 Å². The third kappa shape index (κ3) is 24.5. The second-order valence-corrected chi connectivity index (χ2v) is 3.08. The standard InChI is InChI=1S/C8H19N.2C2H6/c1-5-8(4)6-9-7(2)3;2*1-2/h7-9H,5-6H2,1-4H3;2*1-2H3. The van der Waals surface area contributed by atoms with Gasteiger partial charge in [-0.1, -0.05) is 61.8 Å². The molecule has 0 aliphatic rings. The summed E-state index contributed by atoms with van der Waals surface area (Å²) in [6.45, 7) is 18.0. The van der Waals surface area contributed by atoms with Gasteiger partial charge in [-0.05, 0) is 12.5 Å². The van der Waals surface area contributed by atoms with Crippen molar-refractivity contribution in [3.63, 3.8) is 0 Å². The van der Waals surface area contributed by atoms with Crippen LogP contribution in [0.2, 0.25) is 0 Å². The Balaban J connectivity index is -0.000000218. The minimum absolute atomic E-state index is 0.638. The summed E-state index contributed by atoms with van der Waals surface area (Å²) in [6, 6.07) is 0.638. The lowest BCUT2D eigenvalue weighted by atomic mass is 10.1. The summed E-state index contributed by atoms with van der Waals surface area (Å²) >= 11 is 0. The molecule has 0 aliphatic carbocycles. The fourth-order valence-corrected chi connectivity index (χ4v) is 0.581. The van der Waals surface area contributed by atoms with Crippen molar-refractivity contribution in [3.8, 4) is 0 Å². The van der Waals surface area contributed by atoms with Gasteiger partial charge in [-0.25, -0.2) is 0 Å². The molecule has 0 bridgehead atoms. The van der Waals surface area contributed by atoms with E-state index in [0.717, 1.165) is 12.5 Å². The number of hydrogen-bond acceptors (Lipinski definition) is 1. The molecule has 84 valence electrons. The molecule has 0 aromatic rings. The molecule has 0 spiro atoms. The maximum Gasteiger partial charge on any atom is 0.00104 e. The monoisotopic (exact) mass is 189 g/mol. The van der Waals surface area contributed by atoms with Gasteiger partial charge in [0.1, 0.15) is 0 Å². The Kier molecular flexibility index (Phi) is 25.7. The van der Waals surface area contributed by atoms with Gasteiger partial charge in [-0.3, -0.25) is 0 Å². The van der Waals surface area contributed by atoms with E-state index < -0.39 is 0 Å². The van der Waals surface area contributed by atoms with Crippen molar-refractivity contribution in [1.82, 2.24) is 5.32 Å². The van der Waals surface area contributed by atoms with E-state index in [1.165, 1.54) is 6.42 Å². The molecule has 0 aromatic heterocycles. The van der Waals surface area contributed by atoms with Crippen LogP contribution in [0.25, 0.3) is 0 Å². The first-order valence-electron chi connectivity index (χ1n) is 5.90. The Labute approximate surface area is 86.3 Å². The lowest BCUT2D eigenvalue weighted by Gasteiger charge is -2.11. The zero-order valence-electron chi connectivity index (χ0n) is 11.1. The molecular weight excluding hydrogens is 158 g/mol. The third-order valence-corrected chi connectivity index (χ3v) is 1.57. The van der Waals surface area contributed by atoms with Crippen molar-refractivity contribution >= 4 is 0 Å². The normalized spacial score (nSPS) is 10.8. The number of hydrogen-bond donors (Lipinski definition) is 1. The fraction of sp³-hybridized carbons (Fsp3) is 1.00. The molecule has 0 heterocycles. The first-order valence-corrected chi connectivity index (χ1v) is 5.90. The number of nitrogens with one attached hydrogen (secondary N) is 1. The zero-order valence-corrected chi connectivity index (χ0v) is 11.1. The highest BCUT2D eigenvalue weighted by atomic mass is 14.9. The van der Waals surface area contributed by atoms with Crippen LogP contribution in [0.1, 0.15) is 61.8 Å². The molecular formula is C12H31N. The highest BCUT2D eigenvalue weighted by Gasteiger charge is 1.97. The highest BCUT2D eigenvalue weighted by Crippen LogP contribution is 1.97. The molecule has 0 fully saturated rings.